The minimum absolute atomic E-state index is 0.0406. The maximum atomic E-state index is 13.1. The molecule has 0 unspecified atom stereocenters. The van der Waals surface area contributed by atoms with Gasteiger partial charge in [-0.25, -0.2) is 0 Å². The second-order valence-corrected chi connectivity index (χ2v) is 7.85. The molecule has 2 aliphatic rings. The van der Waals surface area contributed by atoms with Gasteiger partial charge in [-0.2, -0.15) is 5.10 Å². The number of aromatic nitrogens is 2. The SMILES string of the molecule is COc1ccc(Cl)cc1C(=O)N1C[C@H]2Cc3cn(CCNC(C)=O)nc3[C@H]2C1. The Labute approximate surface area is 168 Å². The highest BCUT2D eigenvalue weighted by Gasteiger charge is 2.44. The number of nitrogens with one attached hydrogen (secondary N) is 1. The van der Waals surface area contributed by atoms with Crippen molar-refractivity contribution in [3.8, 4) is 5.75 Å². The van der Waals surface area contributed by atoms with Crippen molar-refractivity contribution in [1.29, 1.82) is 0 Å². The van der Waals surface area contributed by atoms with Crippen molar-refractivity contribution in [3.63, 3.8) is 0 Å². The lowest BCUT2D eigenvalue weighted by molar-refractivity contribution is -0.118. The fourth-order valence-corrected chi connectivity index (χ4v) is 4.43. The standard InChI is InChI=1S/C20H23ClN4O3/c1-12(26)22-5-6-25-10-14-7-13-9-24(11-17(13)19(14)23-25)20(27)16-8-15(21)3-4-18(16)28-2/h3-4,8,10,13,17H,5-7,9,11H2,1-2H3,(H,22,26)/t13-,17+/m1/s1. The maximum absolute atomic E-state index is 13.1. The summed E-state index contributed by atoms with van der Waals surface area (Å²) in [5, 5.41) is 8.03. The molecule has 1 N–H and O–H groups in total. The third-order valence-corrected chi connectivity index (χ3v) is 5.77. The summed E-state index contributed by atoms with van der Waals surface area (Å²) in [4.78, 5) is 25.9. The molecule has 0 bridgehead atoms. The van der Waals surface area contributed by atoms with Crippen molar-refractivity contribution in [2.45, 2.75) is 25.8 Å². The maximum Gasteiger partial charge on any atom is 0.257 e. The highest BCUT2D eigenvalue weighted by Crippen LogP contribution is 2.43. The number of carbonyl (C=O) groups excluding carboxylic acids is 2. The van der Waals surface area contributed by atoms with Gasteiger partial charge in [0.05, 0.1) is 24.9 Å². The molecule has 1 saturated heterocycles. The molecule has 0 radical (unpaired) electrons. The monoisotopic (exact) mass is 402 g/mol. The number of likely N-dealkylation sites (tertiary alicyclic amines) is 1. The van der Waals surface area contributed by atoms with Crippen LogP contribution in [0.1, 0.15) is 34.5 Å². The van der Waals surface area contributed by atoms with E-state index in [0.717, 1.165) is 12.1 Å². The Morgan fingerprint density at radius 1 is 1.36 bits per heavy atom. The van der Waals surface area contributed by atoms with E-state index in [0.29, 0.717) is 48.4 Å². The lowest BCUT2D eigenvalue weighted by atomic mass is 9.99. The van der Waals surface area contributed by atoms with Crippen LogP contribution in [0.2, 0.25) is 5.02 Å². The Kier molecular flexibility index (Phi) is 5.02. The molecule has 1 aliphatic carbocycles. The predicted molar refractivity (Wildman–Crippen MR) is 105 cm³/mol. The molecule has 2 atom stereocenters. The Bertz CT molecular complexity index is 926. The summed E-state index contributed by atoms with van der Waals surface area (Å²) in [5.74, 6) is 1.10. The fourth-order valence-electron chi connectivity index (χ4n) is 4.26. The van der Waals surface area contributed by atoms with Gasteiger partial charge in [-0.3, -0.25) is 14.3 Å². The molecule has 2 amide bonds. The number of methoxy groups -OCH3 is 1. The summed E-state index contributed by atoms with van der Waals surface area (Å²) in [7, 11) is 1.55. The lowest BCUT2D eigenvalue weighted by Crippen LogP contribution is -2.30. The van der Waals surface area contributed by atoms with Crippen molar-refractivity contribution in [2.24, 2.45) is 5.92 Å². The first kappa shape index (κ1) is 18.8. The van der Waals surface area contributed by atoms with Crippen molar-refractivity contribution < 1.29 is 14.3 Å². The fraction of sp³-hybridized carbons (Fsp3) is 0.450. The molecule has 0 spiro atoms. The molecule has 1 aromatic heterocycles. The third kappa shape index (κ3) is 3.46. The Balaban J connectivity index is 1.46. The molecule has 4 rings (SSSR count). The number of halogens is 1. The topological polar surface area (TPSA) is 76.5 Å². The van der Waals surface area contributed by atoms with Gasteiger partial charge in [0, 0.05) is 43.7 Å². The van der Waals surface area contributed by atoms with Crippen molar-refractivity contribution >= 4 is 23.4 Å². The molecule has 28 heavy (non-hydrogen) atoms. The summed E-state index contributed by atoms with van der Waals surface area (Å²) < 4.78 is 7.23. The Morgan fingerprint density at radius 3 is 2.93 bits per heavy atom. The van der Waals surface area contributed by atoms with Gasteiger partial charge in [0.25, 0.3) is 5.91 Å². The van der Waals surface area contributed by atoms with Crippen molar-refractivity contribution in [2.75, 3.05) is 26.7 Å². The quantitative estimate of drug-likeness (QED) is 0.830. The molecule has 8 heteroatoms. The number of carbonyl (C=O) groups is 2. The van der Waals surface area contributed by atoms with Crippen LogP contribution in [0.25, 0.3) is 0 Å². The van der Waals surface area contributed by atoms with E-state index in [2.05, 4.69) is 11.5 Å². The number of hydrogen-bond acceptors (Lipinski definition) is 4. The van der Waals surface area contributed by atoms with Gasteiger partial charge in [-0.15, -0.1) is 0 Å². The van der Waals surface area contributed by atoms with Gasteiger partial charge in [0.1, 0.15) is 5.75 Å². The molecule has 148 valence electrons. The van der Waals surface area contributed by atoms with E-state index in [4.69, 9.17) is 21.4 Å². The summed E-state index contributed by atoms with van der Waals surface area (Å²) in [6.07, 6.45) is 3.00. The largest absolute Gasteiger partial charge is 0.496 e. The minimum Gasteiger partial charge on any atom is -0.496 e. The Hall–Kier alpha value is -2.54. The van der Waals surface area contributed by atoms with Crippen molar-refractivity contribution in [3.05, 3.63) is 46.2 Å². The van der Waals surface area contributed by atoms with Crippen LogP contribution in [-0.2, 0) is 17.8 Å². The molecule has 1 aromatic carbocycles. The van der Waals surface area contributed by atoms with Gasteiger partial charge in [-0.05, 0) is 36.1 Å². The number of amides is 2. The molecular formula is C20H23ClN4O3. The Morgan fingerprint density at radius 2 is 2.18 bits per heavy atom. The van der Waals surface area contributed by atoms with Crippen LogP contribution in [0.4, 0.5) is 0 Å². The zero-order valence-electron chi connectivity index (χ0n) is 15.9. The molecule has 1 aliphatic heterocycles. The van der Waals surface area contributed by atoms with Gasteiger partial charge in [0.2, 0.25) is 5.91 Å². The number of rotatable bonds is 5. The van der Waals surface area contributed by atoms with E-state index in [1.807, 2.05) is 9.58 Å². The first-order valence-electron chi connectivity index (χ1n) is 9.39. The lowest BCUT2D eigenvalue weighted by Gasteiger charge is -2.19. The molecule has 2 heterocycles. The number of hydrogen-bond donors (Lipinski definition) is 1. The first-order valence-corrected chi connectivity index (χ1v) is 9.77. The molecular weight excluding hydrogens is 380 g/mol. The van der Waals surface area contributed by atoms with Gasteiger partial charge < -0.3 is 15.0 Å². The highest BCUT2D eigenvalue weighted by molar-refractivity contribution is 6.31. The summed E-state index contributed by atoms with van der Waals surface area (Å²) >= 11 is 6.09. The normalized spacial score (nSPS) is 20.0. The predicted octanol–water partition coefficient (Wildman–Crippen LogP) is 2.09. The second kappa shape index (κ2) is 7.47. The first-order chi connectivity index (χ1) is 13.5. The zero-order valence-corrected chi connectivity index (χ0v) is 16.7. The smallest absolute Gasteiger partial charge is 0.257 e. The molecule has 0 saturated carbocycles. The highest BCUT2D eigenvalue weighted by atomic mass is 35.5. The molecule has 2 aromatic rings. The van der Waals surface area contributed by atoms with E-state index < -0.39 is 0 Å². The van der Waals surface area contributed by atoms with Gasteiger partial charge in [-0.1, -0.05) is 11.6 Å². The van der Waals surface area contributed by atoms with Crippen LogP contribution in [0.15, 0.2) is 24.4 Å². The van der Waals surface area contributed by atoms with E-state index >= 15 is 0 Å². The van der Waals surface area contributed by atoms with Crippen LogP contribution >= 0.6 is 11.6 Å². The van der Waals surface area contributed by atoms with E-state index in [9.17, 15) is 9.59 Å². The minimum atomic E-state index is -0.0552. The van der Waals surface area contributed by atoms with Crippen LogP contribution in [0.5, 0.6) is 5.75 Å². The average Bonchev–Trinajstić information content (AvgIpc) is 3.31. The number of benzene rings is 1. The summed E-state index contributed by atoms with van der Waals surface area (Å²) in [6.45, 7) is 4.07. The number of ether oxygens (including phenoxy) is 1. The number of fused-ring (bicyclic) bond motifs is 3. The van der Waals surface area contributed by atoms with Crippen LogP contribution in [0.3, 0.4) is 0 Å². The van der Waals surface area contributed by atoms with E-state index in [1.54, 1.807) is 25.3 Å². The number of nitrogens with zero attached hydrogens (tertiary/aromatic N) is 3. The molecule has 7 nitrogen and oxygen atoms in total. The average molecular weight is 403 g/mol. The summed E-state index contributed by atoms with van der Waals surface area (Å²) in [5.41, 5.74) is 2.84. The summed E-state index contributed by atoms with van der Waals surface area (Å²) in [6, 6.07) is 5.11. The van der Waals surface area contributed by atoms with Gasteiger partial charge >= 0.3 is 0 Å². The van der Waals surface area contributed by atoms with Crippen LogP contribution in [0, 0.1) is 5.92 Å². The second-order valence-electron chi connectivity index (χ2n) is 7.41. The molecule has 1 fully saturated rings. The van der Waals surface area contributed by atoms with Gasteiger partial charge in [0.15, 0.2) is 0 Å². The third-order valence-electron chi connectivity index (χ3n) is 5.54. The van der Waals surface area contributed by atoms with Crippen LogP contribution < -0.4 is 10.1 Å². The van der Waals surface area contributed by atoms with E-state index in [1.165, 1.54) is 12.5 Å². The van der Waals surface area contributed by atoms with Crippen molar-refractivity contribution in [1.82, 2.24) is 20.0 Å². The van der Waals surface area contributed by atoms with Crippen LogP contribution in [-0.4, -0.2) is 53.2 Å². The van der Waals surface area contributed by atoms with E-state index in [-0.39, 0.29) is 17.7 Å². The zero-order chi connectivity index (χ0) is 19.8.